The van der Waals surface area contributed by atoms with Gasteiger partial charge in [0, 0.05) is 29.6 Å². The van der Waals surface area contributed by atoms with E-state index in [4.69, 9.17) is 17.3 Å². The number of imidazole rings is 1. The van der Waals surface area contributed by atoms with Gasteiger partial charge in [-0.25, -0.2) is 9.97 Å². The highest BCUT2D eigenvalue weighted by molar-refractivity contribution is 7.08. The van der Waals surface area contributed by atoms with E-state index < -0.39 is 0 Å². The van der Waals surface area contributed by atoms with E-state index in [1.807, 2.05) is 29.0 Å². The number of alkyl halides is 1. The number of aromatic amines is 1. The number of thiophene rings is 1. The number of rotatable bonds is 7. The number of carbonyl (C=O) groups is 1. The highest BCUT2D eigenvalue weighted by Gasteiger charge is 2.15. The third-order valence-corrected chi connectivity index (χ3v) is 4.63. The van der Waals surface area contributed by atoms with E-state index in [0.717, 1.165) is 11.1 Å². The summed E-state index contributed by atoms with van der Waals surface area (Å²) in [6.07, 6.45) is 7.38. The molecule has 8 heteroatoms. The number of fused-ring (bicyclic) bond motifs is 1. The second-order valence-corrected chi connectivity index (χ2v) is 6.55. The minimum Gasteiger partial charge on any atom is -0.404 e. The molecule has 0 bridgehead atoms. The van der Waals surface area contributed by atoms with Crippen LogP contribution in [0.1, 0.15) is 16.8 Å². The fourth-order valence-electron chi connectivity index (χ4n) is 2.47. The minimum absolute atomic E-state index is 0.185. The van der Waals surface area contributed by atoms with Crippen molar-refractivity contribution >= 4 is 40.0 Å². The van der Waals surface area contributed by atoms with E-state index in [9.17, 15) is 4.79 Å². The molecule has 3 heterocycles. The zero-order valence-electron chi connectivity index (χ0n) is 13.9. The highest BCUT2D eigenvalue weighted by atomic mass is 35.5. The van der Waals surface area contributed by atoms with Gasteiger partial charge >= 0.3 is 0 Å². The van der Waals surface area contributed by atoms with Crippen molar-refractivity contribution in [2.24, 2.45) is 5.73 Å². The highest BCUT2D eigenvalue weighted by Crippen LogP contribution is 2.23. The number of H-pyrrole nitrogens is 1. The number of carbonyl (C=O) groups excluding carboxylic acids is 1. The molecule has 3 aromatic heterocycles. The van der Waals surface area contributed by atoms with Gasteiger partial charge in [0.1, 0.15) is 5.82 Å². The van der Waals surface area contributed by atoms with E-state index in [-0.39, 0.29) is 5.91 Å². The lowest BCUT2D eigenvalue weighted by molar-refractivity contribution is 0.0955. The van der Waals surface area contributed by atoms with Crippen molar-refractivity contribution in [2.75, 3.05) is 12.4 Å². The number of hydrogen-bond donors (Lipinski definition) is 3. The molecule has 3 rings (SSSR count). The zero-order chi connectivity index (χ0) is 18.4. The van der Waals surface area contributed by atoms with Crippen molar-refractivity contribution in [1.29, 1.82) is 0 Å². The molecule has 6 nitrogen and oxygen atoms in total. The second-order valence-electron chi connectivity index (χ2n) is 5.46. The van der Waals surface area contributed by atoms with Gasteiger partial charge in [0.15, 0.2) is 5.65 Å². The number of nitrogens with one attached hydrogen (secondary N) is 2. The van der Waals surface area contributed by atoms with Crippen LogP contribution in [0, 0.1) is 0 Å². The van der Waals surface area contributed by atoms with E-state index in [0.29, 0.717) is 41.4 Å². The third-order valence-electron chi connectivity index (χ3n) is 3.77. The van der Waals surface area contributed by atoms with Crippen molar-refractivity contribution in [3.63, 3.8) is 0 Å². The van der Waals surface area contributed by atoms with Gasteiger partial charge in [0.25, 0.3) is 5.91 Å². The summed E-state index contributed by atoms with van der Waals surface area (Å²) in [5.74, 6) is 0.939. The summed E-state index contributed by atoms with van der Waals surface area (Å²) in [5, 5.41) is 6.87. The molecule has 0 unspecified atom stereocenters. The van der Waals surface area contributed by atoms with Gasteiger partial charge in [0.2, 0.25) is 0 Å². The predicted molar refractivity (Wildman–Crippen MR) is 106 cm³/mol. The number of aromatic nitrogens is 3. The van der Waals surface area contributed by atoms with Crippen LogP contribution in [0.3, 0.4) is 0 Å². The van der Waals surface area contributed by atoms with E-state index >= 15 is 0 Å². The van der Waals surface area contributed by atoms with Crippen LogP contribution < -0.4 is 11.1 Å². The zero-order valence-corrected chi connectivity index (χ0v) is 15.5. The maximum Gasteiger partial charge on any atom is 0.253 e. The summed E-state index contributed by atoms with van der Waals surface area (Å²) >= 11 is 7.21. The van der Waals surface area contributed by atoms with Gasteiger partial charge in [-0.05, 0) is 35.7 Å². The lowest BCUT2D eigenvalue weighted by Gasteiger charge is -2.06. The van der Waals surface area contributed by atoms with Gasteiger partial charge in [-0.15, -0.1) is 11.6 Å². The molecule has 0 aliphatic heterocycles. The van der Waals surface area contributed by atoms with Crippen molar-refractivity contribution in [3.8, 4) is 11.4 Å². The Morgan fingerprint density at radius 3 is 3.04 bits per heavy atom. The Labute approximate surface area is 159 Å². The molecule has 0 saturated carbocycles. The molecule has 3 aromatic rings. The topological polar surface area (TPSA) is 96.7 Å². The van der Waals surface area contributed by atoms with Gasteiger partial charge < -0.3 is 16.0 Å². The van der Waals surface area contributed by atoms with Crippen LogP contribution in [0.5, 0.6) is 0 Å². The molecule has 1 amide bonds. The number of pyridine rings is 1. The fourth-order valence-corrected chi connectivity index (χ4v) is 3.20. The minimum atomic E-state index is -0.185. The first kappa shape index (κ1) is 18.2. The second kappa shape index (κ2) is 8.64. The third kappa shape index (κ3) is 4.12. The summed E-state index contributed by atoms with van der Waals surface area (Å²) in [6, 6.07) is 3.65. The number of hydrogen-bond acceptors (Lipinski definition) is 5. The Morgan fingerprint density at radius 1 is 1.42 bits per heavy atom. The van der Waals surface area contributed by atoms with Gasteiger partial charge in [-0.1, -0.05) is 12.2 Å². The van der Waals surface area contributed by atoms with Crippen LogP contribution in [0.2, 0.25) is 0 Å². The first-order valence-electron chi connectivity index (χ1n) is 8.01. The number of nitrogens with zero attached hydrogens (tertiary/aromatic N) is 2. The average molecular weight is 388 g/mol. The first-order valence-corrected chi connectivity index (χ1v) is 9.49. The molecule has 4 N–H and O–H groups in total. The first-order chi connectivity index (χ1) is 12.7. The molecule has 0 saturated heterocycles. The molecule has 0 aromatic carbocycles. The summed E-state index contributed by atoms with van der Waals surface area (Å²) in [7, 11) is 0. The molecule has 0 radical (unpaired) electrons. The summed E-state index contributed by atoms with van der Waals surface area (Å²) in [5.41, 5.74) is 9.12. The monoisotopic (exact) mass is 387 g/mol. The summed E-state index contributed by atoms with van der Waals surface area (Å²) < 4.78 is 0. The predicted octanol–water partition coefficient (Wildman–Crippen LogP) is 3.44. The van der Waals surface area contributed by atoms with Crippen molar-refractivity contribution < 1.29 is 4.79 Å². The van der Waals surface area contributed by atoms with Crippen LogP contribution in [-0.4, -0.2) is 33.3 Å². The molecule has 26 heavy (non-hydrogen) atoms. The maximum absolute atomic E-state index is 12.6. The molecule has 0 aliphatic carbocycles. The average Bonchev–Trinajstić information content (AvgIpc) is 3.33. The van der Waals surface area contributed by atoms with Gasteiger partial charge in [-0.2, -0.15) is 11.3 Å². The maximum atomic E-state index is 12.6. The summed E-state index contributed by atoms with van der Waals surface area (Å²) in [6.45, 7) is 0.462. The number of allylic oxidation sites excluding steroid dienone is 2. The Kier molecular flexibility index (Phi) is 6.04. The molecule has 0 aliphatic rings. The Morgan fingerprint density at radius 2 is 2.31 bits per heavy atom. The quantitative estimate of drug-likeness (QED) is 0.427. The van der Waals surface area contributed by atoms with E-state index in [2.05, 4.69) is 20.3 Å². The van der Waals surface area contributed by atoms with Crippen LogP contribution in [0.4, 0.5) is 0 Å². The normalized spacial score (nSPS) is 12.1. The largest absolute Gasteiger partial charge is 0.404 e. The number of halogens is 1. The van der Waals surface area contributed by atoms with Crippen LogP contribution in [-0.2, 0) is 0 Å². The van der Waals surface area contributed by atoms with Crippen LogP contribution in [0.15, 0.2) is 53.0 Å². The fraction of sp³-hybridized carbons (Fsp3) is 0.167. The lowest BCUT2D eigenvalue weighted by atomic mass is 10.1. The van der Waals surface area contributed by atoms with Gasteiger partial charge in [0.05, 0.1) is 11.1 Å². The standard InChI is InChI=1S/C18H18ClN5OS/c19-6-1-2-12(10-20)3-7-22-18(25)14-4-8-21-17-15(14)23-16(24-17)13-5-9-26-11-13/h1-2,4-5,8-11H,3,6-7,20H2,(H,22,25)(H,21,23,24)/b2-1-,12-10+. The lowest BCUT2D eigenvalue weighted by Crippen LogP contribution is -2.25. The van der Waals surface area contributed by atoms with Crippen LogP contribution >= 0.6 is 22.9 Å². The van der Waals surface area contributed by atoms with E-state index in [1.54, 1.807) is 23.6 Å². The van der Waals surface area contributed by atoms with E-state index in [1.165, 1.54) is 6.20 Å². The van der Waals surface area contributed by atoms with Crippen molar-refractivity contribution in [1.82, 2.24) is 20.3 Å². The molecule has 0 fully saturated rings. The molecular weight excluding hydrogens is 370 g/mol. The molecule has 0 spiro atoms. The number of nitrogens with two attached hydrogens (primary N) is 1. The summed E-state index contributed by atoms with van der Waals surface area (Å²) in [4.78, 5) is 24.5. The van der Waals surface area contributed by atoms with Crippen molar-refractivity contribution in [2.45, 2.75) is 6.42 Å². The molecule has 134 valence electrons. The van der Waals surface area contributed by atoms with Gasteiger partial charge in [-0.3, -0.25) is 4.79 Å². The number of amides is 1. The molecular formula is C18H18ClN5OS. The SMILES string of the molecule is N/C=C(\C=C/CCl)CCNC(=O)c1ccnc2nc(-c3ccsc3)[nH]c12. The Hall–Kier alpha value is -2.64. The van der Waals surface area contributed by atoms with Crippen LogP contribution in [0.25, 0.3) is 22.6 Å². The Balaban J connectivity index is 1.73. The van der Waals surface area contributed by atoms with Crippen molar-refractivity contribution in [3.05, 3.63) is 58.6 Å². The molecule has 0 atom stereocenters. The Bertz CT molecular complexity index is 946. The smallest absolute Gasteiger partial charge is 0.253 e.